The number of hydrogen-bond acceptors (Lipinski definition) is 5. The summed E-state index contributed by atoms with van der Waals surface area (Å²) in [6.45, 7) is 4.88. The highest BCUT2D eigenvalue weighted by Gasteiger charge is 2.12. The third-order valence-electron chi connectivity index (χ3n) is 2.18. The molecule has 7 nitrogen and oxygen atoms in total. The first-order valence-electron chi connectivity index (χ1n) is 6.37. The second-order valence-electron chi connectivity index (χ2n) is 4.37. The Morgan fingerprint density at radius 3 is 2.53 bits per heavy atom. The number of carbonyl (C=O) groups excluding carboxylic acids is 1. The first-order valence-corrected chi connectivity index (χ1v) is 8.03. The molecular formula is C11H25N3O4S. The lowest BCUT2D eigenvalue weighted by molar-refractivity contribution is -0.119. The van der Waals surface area contributed by atoms with E-state index in [1.807, 2.05) is 20.9 Å². The molecule has 19 heavy (non-hydrogen) atoms. The van der Waals surface area contributed by atoms with Crippen molar-refractivity contribution in [2.75, 3.05) is 39.0 Å². The first-order chi connectivity index (χ1) is 8.87. The third kappa shape index (κ3) is 12.1. The molecule has 0 aliphatic rings. The van der Waals surface area contributed by atoms with Crippen LogP contribution in [0.4, 0.5) is 0 Å². The lowest BCUT2D eigenvalue weighted by atomic mass is 10.4. The summed E-state index contributed by atoms with van der Waals surface area (Å²) in [5.74, 6) is -0.470. The molecular weight excluding hydrogens is 270 g/mol. The van der Waals surface area contributed by atoms with Gasteiger partial charge in [0.2, 0.25) is 15.9 Å². The van der Waals surface area contributed by atoms with Gasteiger partial charge in [-0.2, -0.15) is 0 Å². The smallest absolute Gasteiger partial charge is 0.235 e. The highest BCUT2D eigenvalue weighted by atomic mass is 32.2. The lowest BCUT2D eigenvalue weighted by Gasteiger charge is -2.09. The van der Waals surface area contributed by atoms with E-state index in [2.05, 4.69) is 15.4 Å². The van der Waals surface area contributed by atoms with Gasteiger partial charge in [-0.05, 0) is 33.9 Å². The van der Waals surface area contributed by atoms with E-state index in [0.29, 0.717) is 6.54 Å². The van der Waals surface area contributed by atoms with Gasteiger partial charge >= 0.3 is 0 Å². The molecule has 1 amide bonds. The van der Waals surface area contributed by atoms with Crippen molar-refractivity contribution < 1.29 is 17.9 Å². The number of hydrogen-bond donors (Lipinski definition) is 3. The van der Waals surface area contributed by atoms with Crippen molar-refractivity contribution in [3.63, 3.8) is 0 Å². The average Bonchev–Trinajstić information content (AvgIpc) is 2.31. The van der Waals surface area contributed by atoms with Gasteiger partial charge in [-0.1, -0.05) is 0 Å². The molecule has 0 aromatic heterocycles. The summed E-state index contributed by atoms with van der Waals surface area (Å²) in [7, 11) is -1.63. The van der Waals surface area contributed by atoms with Gasteiger partial charge in [-0.15, -0.1) is 0 Å². The van der Waals surface area contributed by atoms with E-state index in [1.54, 1.807) is 0 Å². The van der Waals surface area contributed by atoms with Gasteiger partial charge in [0.05, 0.1) is 25.0 Å². The molecule has 0 saturated carbocycles. The summed E-state index contributed by atoms with van der Waals surface area (Å²) in [6.07, 6.45) is 0.794. The minimum absolute atomic E-state index is 0.00864. The molecule has 0 aliphatic heterocycles. The Morgan fingerprint density at radius 2 is 1.95 bits per heavy atom. The van der Waals surface area contributed by atoms with E-state index in [4.69, 9.17) is 4.74 Å². The molecule has 0 heterocycles. The second-order valence-corrected chi connectivity index (χ2v) is 6.29. The van der Waals surface area contributed by atoms with Crippen LogP contribution in [0.25, 0.3) is 0 Å². The maximum Gasteiger partial charge on any atom is 0.235 e. The van der Waals surface area contributed by atoms with Gasteiger partial charge in [-0.3, -0.25) is 4.79 Å². The maximum absolute atomic E-state index is 11.5. The zero-order valence-corrected chi connectivity index (χ0v) is 12.7. The number of rotatable bonds is 11. The van der Waals surface area contributed by atoms with E-state index in [1.165, 1.54) is 0 Å². The minimum Gasteiger partial charge on any atom is -0.378 e. The van der Waals surface area contributed by atoms with E-state index >= 15 is 0 Å². The van der Waals surface area contributed by atoms with Crippen LogP contribution in [-0.4, -0.2) is 59.5 Å². The van der Waals surface area contributed by atoms with Crippen molar-refractivity contribution in [1.82, 2.24) is 15.4 Å². The topological polar surface area (TPSA) is 96.5 Å². The van der Waals surface area contributed by atoms with Crippen LogP contribution in [0.1, 0.15) is 20.3 Å². The van der Waals surface area contributed by atoms with E-state index in [-0.39, 0.29) is 30.9 Å². The highest BCUT2D eigenvalue weighted by Crippen LogP contribution is 1.90. The molecule has 0 radical (unpaired) electrons. The number of carbonyl (C=O) groups is 1. The molecule has 114 valence electrons. The van der Waals surface area contributed by atoms with E-state index in [0.717, 1.165) is 13.0 Å². The van der Waals surface area contributed by atoms with Gasteiger partial charge in [-0.25, -0.2) is 13.1 Å². The van der Waals surface area contributed by atoms with E-state index in [9.17, 15) is 13.2 Å². The Kier molecular flexibility index (Phi) is 9.76. The molecule has 3 N–H and O–H groups in total. The monoisotopic (exact) mass is 295 g/mol. The summed E-state index contributed by atoms with van der Waals surface area (Å²) in [6, 6.07) is 0. The molecule has 0 aromatic carbocycles. The molecule has 0 unspecified atom stereocenters. The number of nitrogens with one attached hydrogen (secondary N) is 3. The summed E-state index contributed by atoms with van der Waals surface area (Å²) < 4.78 is 30.4. The zero-order valence-electron chi connectivity index (χ0n) is 11.9. The van der Waals surface area contributed by atoms with Crippen molar-refractivity contribution in [3.8, 4) is 0 Å². The van der Waals surface area contributed by atoms with Crippen LogP contribution in [0.5, 0.6) is 0 Å². The molecule has 0 aliphatic carbocycles. The predicted molar refractivity (Wildman–Crippen MR) is 74.4 cm³/mol. The van der Waals surface area contributed by atoms with Crippen LogP contribution in [0.3, 0.4) is 0 Å². The van der Waals surface area contributed by atoms with Gasteiger partial charge in [0.25, 0.3) is 0 Å². The Hall–Kier alpha value is -0.700. The Bertz CT molecular complexity index is 344. The van der Waals surface area contributed by atoms with Crippen molar-refractivity contribution in [2.24, 2.45) is 0 Å². The summed E-state index contributed by atoms with van der Waals surface area (Å²) in [5.41, 5.74) is 0. The van der Waals surface area contributed by atoms with Crippen molar-refractivity contribution >= 4 is 15.9 Å². The summed E-state index contributed by atoms with van der Waals surface area (Å²) in [4.78, 5) is 11.3. The van der Waals surface area contributed by atoms with Crippen LogP contribution in [0, 0.1) is 0 Å². The fourth-order valence-electron chi connectivity index (χ4n) is 1.20. The molecule has 8 heteroatoms. The van der Waals surface area contributed by atoms with Gasteiger partial charge in [0.1, 0.15) is 0 Å². The van der Waals surface area contributed by atoms with Gasteiger partial charge < -0.3 is 15.4 Å². The van der Waals surface area contributed by atoms with Crippen molar-refractivity contribution in [2.45, 2.75) is 26.4 Å². The number of sulfonamides is 1. The van der Waals surface area contributed by atoms with Gasteiger partial charge in [0.15, 0.2) is 0 Å². The van der Waals surface area contributed by atoms with Crippen LogP contribution >= 0.6 is 0 Å². The fraction of sp³-hybridized carbons (Fsp3) is 0.909. The first kappa shape index (κ1) is 18.3. The molecule has 0 aromatic rings. The maximum atomic E-state index is 11.5. The molecule has 0 atom stereocenters. The van der Waals surface area contributed by atoms with Gasteiger partial charge in [0, 0.05) is 6.54 Å². The van der Waals surface area contributed by atoms with Crippen LogP contribution in [0.15, 0.2) is 0 Å². The van der Waals surface area contributed by atoms with E-state index < -0.39 is 10.0 Å². The highest BCUT2D eigenvalue weighted by molar-refractivity contribution is 7.89. The minimum atomic E-state index is -3.46. The van der Waals surface area contributed by atoms with Crippen LogP contribution < -0.4 is 15.4 Å². The quantitative estimate of drug-likeness (QED) is 0.427. The summed E-state index contributed by atoms with van der Waals surface area (Å²) >= 11 is 0. The fourth-order valence-corrected chi connectivity index (χ4v) is 2.01. The largest absolute Gasteiger partial charge is 0.378 e. The molecule has 0 saturated heterocycles. The van der Waals surface area contributed by atoms with Crippen molar-refractivity contribution in [1.29, 1.82) is 0 Å². The Morgan fingerprint density at radius 1 is 1.26 bits per heavy atom. The van der Waals surface area contributed by atoms with Crippen molar-refractivity contribution in [3.05, 3.63) is 0 Å². The normalized spacial score (nSPS) is 11.8. The SMILES string of the molecule is CNCCCNC(=O)CNS(=O)(=O)CCOC(C)C. The number of amides is 1. The Balaban J connectivity index is 3.74. The second kappa shape index (κ2) is 10.1. The predicted octanol–water partition coefficient (Wildman–Crippen LogP) is -0.943. The van der Waals surface area contributed by atoms with Crippen LogP contribution in [0.2, 0.25) is 0 Å². The molecule has 0 spiro atoms. The third-order valence-corrected chi connectivity index (χ3v) is 3.47. The number of ether oxygens (including phenoxy) is 1. The lowest BCUT2D eigenvalue weighted by Crippen LogP contribution is -2.39. The molecule has 0 bridgehead atoms. The molecule has 0 rings (SSSR count). The Labute approximate surface area is 115 Å². The zero-order chi connectivity index (χ0) is 14.7. The average molecular weight is 295 g/mol. The summed E-state index contributed by atoms with van der Waals surface area (Å²) in [5, 5.41) is 5.58. The standard InChI is InChI=1S/C11H25N3O4S/c1-10(2)18-7-8-19(16,17)14-9-11(15)13-6-4-5-12-3/h10,12,14H,4-9H2,1-3H3,(H,13,15). The van der Waals surface area contributed by atoms with Crippen LogP contribution in [-0.2, 0) is 19.6 Å². The molecule has 0 fully saturated rings.